The van der Waals surface area contributed by atoms with Gasteiger partial charge in [-0.25, -0.2) is 0 Å². The van der Waals surface area contributed by atoms with Crippen LogP contribution in [0.1, 0.15) is 45.9 Å². The van der Waals surface area contributed by atoms with Crippen LogP contribution in [0.3, 0.4) is 0 Å². The summed E-state index contributed by atoms with van der Waals surface area (Å²) < 4.78 is 0. The van der Waals surface area contributed by atoms with Crippen LogP contribution < -0.4 is 4.90 Å². The molecule has 0 spiro atoms. The molecule has 3 atom stereocenters. The van der Waals surface area contributed by atoms with Crippen molar-refractivity contribution in [1.82, 2.24) is 0 Å². The van der Waals surface area contributed by atoms with Gasteiger partial charge in [-0.2, -0.15) is 0 Å². The summed E-state index contributed by atoms with van der Waals surface area (Å²) in [5.74, 6) is -1.17. The molecule has 1 amide bonds. The van der Waals surface area contributed by atoms with Crippen molar-refractivity contribution in [3.8, 4) is 0 Å². The van der Waals surface area contributed by atoms with Crippen molar-refractivity contribution in [2.75, 3.05) is 4.90 Å². The van der Waals surface area contributed by atoms with Crippen molar-refractivity contribution in [3.63, 3.8) is 0 Å². The summed E-state index contributed by atoms with van der Waals surface area (Å²) in [7, 11) is 0. The van der Waals surface area contributed by atoms with Crippen molar-refractivity contribution in [2.45, 2.75) is 18.9 Å². The second kappa shape index (κ2) is 6.62. The van der Waals surface area contributed by atoms with E-state index < -0.39 is 16.9 Å². The summed E-state index contributed by atoms with van der Waals surface area (Å²) in [4.78, 5) is 39.0. The van der Waals surface area contributed by atoms with Crippen LogP contribution in [0.5, 0.6) is 0 Å². The number of non-ortho nitro benzene ring substituents is 1. The molecular formula is C24H18N2O4. The molecule has 0 bridgehead atoms. The molecule has 3 aromatic rings. The molecular weight excluding hydrogens is 380 g/mol. The van der Waals surface area contributed by atoms with Gasteiger partial charge in [0.2, 0.25) is 0 Å². The van der Waals surface area contributed by atoms with E-state index in [1.54, 1.807) is 17.0 Å². The molecule has 3 aromatic carbocycles. The second-order valence-electron chi connectivity index (χ2n) is 7.73. The van der Waals surface area contributed by atoms with Gasteiger partial charge in [-0.1, -0.05) is 48.5 Å². The third kappa shape index (κ3) is 2.50. The number of benzene rings is 3. The highest BCUT2D eigenvalue weighted by atomic mass is 16.6. The van der Waals surface area contributed by atoms with Crippen LogP contribution >= 0.6 is 0 Å². The predicted octanol–water partition coefficient (Wildman–Crippen LogP) is 4.65. The Morgan fingerprint density at radius 2 is 1.67 bits per heavy atom. The Morgan fingerprint density at radius 3 is 2.37 bits per heavy atom. The molecule has 5 rings (SSSR count). The number of Topliss-reactive ketones (excluding diaryl/α,β-unsaturated/α-hetero) is 1. The molecule has 2 aliphatic rings. The SMILES string of the molecule is CC(=O)[C@H]1[C@H](c2ccccc2)c2cc([N+](=O)[O-])ccc2N2C(=O)c3ccccc3[C@@H]12. The molecule has 0 fully saturated rings. The number of fused-ring (bicyclic) bond motifs is 5. The van der Waals surface area contributed by atoms with Crippen LogP contribution in [0.4, 0.5) is 11.4 Å². The molecule has 0 unspecified atom stereocenters. The lowest BCUT2D eigenvalue weighted by Crippen LogP contribution is -2.42. The fourth-order valence-electron chi connectivity index (χ4n) is 4.96. The molecule has 0 aromatic heterocycles. The van der Waals surface area contributed by atoms with Gasteiger partial charge in [-0.05, 0) is 35.7 Å². The molecule has 6 nitrogen and oxygen atoms in total. The van der Waals surface area contributed by atoms with Crippen LogP contribution in [0.15, 0.2) is 72.8 Å². The number of hydrogen-bond donors (Lipinski definition) is 0. The van der Waals surface area contributed by atoms with E-state index >= 15 is 0 Å². The van der Waals surface area contributed by atoms with Crippen LogP contribution in [-0.4, -0.2) is 16.6 Å². The topological polar surface area (TPSA) is 80.5 Å². The van der Waals surface area contributed by atoms with E-state index in [1.165, 1.54) is 19.1 Å². The lowest BCUT2D eigenvalue weighted by molar-refractivity contribution is -0.384. The van der Waals surface area contributed by atoms with E-state index in [-0.39, 0.29) is 23.3 Å². The summed E-state index contributed by atoms with van der Waals surface area (Å²) in [6.45, 7) is 1.53. The lowest BCUT2D eigenvalue weighted by atomic mass is 9.70. The van der Waals surface area contributed by atoms with Gasteiger partial charge in [0, 0.05) is 29.3 Å². The van der Waals surface area contributed by atoms with Gasteiger partial charge in [0.25, 0.3) is 11.6 Å². The number of anilines is 1. The fourth-order valence-corrected chi connectivity index (χ4v) is 4.96. The summed E-state index contributed by atoms with van der Waals surface area (Å²) in [5.41, 5.74) is 3.50. The van der Waals surface area contributed by atoms with Gasteiger partial charge in [-0.3, -0.25) is 24.6 Å². The quantitative estimate of drug-likeness (QED) is 0.475. The van der Waals surface area contributed by atoms with Gasteiger partial charge in [-0.15, -0.1) is 0 Å². The number of amides is 1. The maximum absolute atomic E-state index is 13.3. The molecule has 0 saturated heterocycles. The number of nitro benzene ring substituents is 1. The molecule has 0 N–H and O–H groups in total. The predicted molar refractivity (Wildman–Crippen MR) is 112 cm³/mol. The smallest absolute Gasteiger partial charge is 0.269 e. The van der Waals surface area contributed by atoms with Crippen LogP contribution in [0.2, 0.25) is 0 Å². The Balaban J connectivity index is 1.83. The standard InChI is InChI=1S/C24H18N2O4/c1-14(27)21-22(15-7-3-2-4-8-15)19-13-16(26(29)30)11-12-20(19)25-23(21)17-9-5-6-10-18(17)24(25)28/h2-13,21-23H,1H3/t21-,22+,23-/m0/s1. The molecule has 0 radical (unpaired) electrons. The number of carbonyl (C=O) groups is 2. The fraction of sp³-hybridized carbons (Fsp3) is 0.167. The van der Waals surface area contributed by atoms with Gasteiger partial charge in [0.05, 0.1) is 16.9 Å². The van der Waals surface area contributed by atoms with E-state index in [0.29, 0.717) is 16.8 Å². The Hall–Kier alpha value is -3.80. The minimum absolute atomic E-state index is 0.0551. The number of nitro groups is 1. The Kier molecular flexibility index (Phi) is 4.03. The zero-order valence-electron chi connectivity index (χ0n) is 16.2. The number of carbonyl (C=O) groups excluding carboxylic acids is 2. The Morgan fingerprint density at radius 1 is 0.967 bits per heavy atom. The second-order valence-corrected chi connectivity index (χ2v) is 7.73. The minimum atomic E-state index is -0.547. The minimum Gasteiger partial charge on any atom is -0.300 e. The number of rotatable bonds is 3. The Labute approximate surface area is 172 Å². The van der Waals surface area contributed by atoms with Crippen LogP contribution in [0, 0.1) is 16.0 Å². The Bertz CT molecular complexity index is 1200. The first-order valence-corrected chi connectivity index (χ1v) is 9.75. The van der Waals surface area contributed by atoms with Gasteiger partial charge in [0.15, 0.2) is 0 Å². The highest BCUT2D eigenvalue weighted by Gasteiger charge is 2.51. The van der Waals surface area contributed by atoms with E-state index in [1.807, 2.05) is 48.5 Å². The van der Waals surface area contributed by atoms with E-state index in [0.717, 1.165) is 11.1 Å². The molecule has 0 aliphatic carbocycles. The molecule has 0 saturated carbocycles. The molecule has 30 heavy (non-hydrogen) atoms. The average molecular weight is 398 g/mol. The average Bonchev–Trinajstić information content (AvgIpc) is 3.05. The normalized spacial score (nSPS) is 21.6. The van der Waals surface area contributed by atoms with E-state index in [9.17, 15) is 19.7 Å². The van der Waals surface area contributed by atoms with Crippen molar-refractivity contribution in [1.29, 1.82) is 0 Å². The van der Waals surface area contributed by atoms with Crippen molar-refractivity contribution < 1.29 is 14.5 Å². The maximum Gasteiger partial charge on any atom is 0.269 e. The third-order valence-electron chi connectivity index (χ3n) is 6.15. The largest absolute Gasteiger partial charge is 0.300 e. The first-order valence-electron chi connectivity index (χ1n) is 9.75. The molecule has 2 aliphatic heterocycles. The van der Waals surface area contributed by atoms with E-state index in [4.69, 9.17) is 0 Å². The van der Waals surface area contributed by atoms with Gasteiger partial charge < -0.3 is 0 Å². The monoisotopic (exact) mass is 398 g/mol. The first kappa shape index (κ1) is 18.2. The summed E-state index contributed by atoms with van der Waals surface area (Å²) >= 11 is 0. The summed E-state index contributed by atoms with van der Waals surface area (Å²) in [6, 6.07) is 21.0. The number of ketones is 1. The highest BCUT2D eigenvalue weighted by molar-refractivity contribution is 6.13. The molecule has 6 heteroatoms. The molecule has 2 heterocycles. The zero-order chi connectivity index (χ0) is 21.0. The van der Waals surface area contributed by atoms with Gasteiger partial charge >= 0.3 is 0 Å². The van der Waals surface area contributed by atoms with Crippen LogP contribution in [-0.2, 0) is 4.79 Å². The van der Waals surface area contributed by atoms with Gasteiger partial charge in [0.1, 0.15) is 5.78 Å². The summed E-state index contributed by atoms with van der Waals surface area (Å²) in [5, 5.41) is 11.5. The zero-order valence-corrected chi connectivity index (χ0v) is 16.2. The van der Waals surface area contributed by atoms with Crippen molar-refractivity contribution in [2.24, 2.45) is 5.92 Å². The van der Waals surface area contributed by atoms with Crippen molar-refractivity contribution >= 4 is 23.1 Å². The highest BCUT2D eigenvalue weighted by Crippen LogP contribution is 2.55. The van der Waals surface area contributed by atoms with Crippen LogP contribution in [0.25, 0.3) is 0 Å². The maximum atomic E-state index is 13.3. The number of hydrogen-bond acceptors (Lipinski definition) is 4. The number of nitrogens with zero attached hydrogens (tertiary/aromatic N) is 2. The first-order chi connectivity index (χ1) is 14.5. The van der Waals surface area contributed by atoms with Crippen molar-refractivity contribution in [3.05, 3.63) is 105 Å². The summed E-state index contributed by atoms with van der Waals surface area (Å²) in [6.07, 6.45) is 0. The third-order valence-corrected chi connectivity index (χ3v) is 6.15. The van der Waals surface area contributed by atoms with E-state index in [2.05, 4.69) is 0 Å². The molecule has 148 valence electrons. The lowest BCUT2D eigenvalue weighted by Gasteiger charge is -2.42.